The number of carbonyl (C=O) groups is 3. The summed E-state index contributed by atoms with van der Waals surface area (Å²) in [5.74, 6) is -2.00. The molecule has 162 valence electrons. The highest BCUT2D eigenvalue weighted by Gasteiger charge is 2.46. The Kier molecular flexibility index (Phi) is 15.0. The number of unbranched alkanes of at least 4 members (excludes halogenated alkanes) is 3. The Morgan fingerprint density at radius 1 is 0.786 bits per heavy atom. The van der Waals surface area contributed by atoms with Crippen LogP contribution in [0.5, 0.6) is 0 Å². The predicted octanol–water partition coefficient (Wildman–Crippen LogP) is 3.74. The molecule has 0 aromatic carbocycles. The minimum absolute atomic E-state index is 0.0205. The van der Waals surface area contributed by atoms with Crippen LogP contribution in [-0.2, 0) is 33.3 Å². The largest absolute Gasteiger partial charge is 0.466 e. The van der Waals surface area contributed by atoms with E-state index >= 15 is 0 Å². The Labute approximate surface area is 168 Å². The molecule has 7 heteroatoms. The smallest absolute Gasteiger partial charge is 0.339 e. The quantitative estimate of drug-likeness (QED) is 0.159. The standard InChI is InChI=1S/C21H36O7/c1-5-9-13-25-18(22)16-21(28-12-8-4,20(24)27-15-11-7-3)17-19(23)26-14-10-6-2/h8H,4-7,9-17H2,1-3H3. The molecule has 0 atom stereocenters. The summed E-state index contributed by atoms with van der Waals surface area (Å²) in [5, 5.41) is 0. The Hall–Kier alpha value is -1.89. The van der Waals surface area contributed by atoms with Crippen LogP contribution in [0.1, 0.15) is 72.1 Å². The van der Waals surface area contributed by atoms with Gasteiger partial charge < -0.3 is 18.9 Å². The Morgan fingerprint density at radius 2 is 1.21 bits per heavy atom. The molecule has 0 bridgehead atoms. The highest BCUT2D eigenvalue weighted by Crippen LogP contribution is 2.25. The molecule has 0 spiro atoms. The predicted molar refractivity (Wildman–Crippen MR) is 106 cm³/mol. The van der Waals surface area contributed by atoms with Gasteiger partial charge >= 0.3 is 17.9 Å². The van der Waals surface area contributed by atoms with Crippen LogP contribution in [0.2, 0.25) is 0 Å². The molecule has 28 heavy (non-hydrogen) atoms. The minimum Gasteiger partial charge on any atom is -0.466 e. The van der Waals surface area contributed by atoms with E-state index in [0.717, 1.165) is 19.3 Å². The third-order valence-corrected chi connectivity index (χ3v) is 3.96. The van der Waals surface area contributed by atoms with Crippen LogP contribution in [0.4, 0.5) is 0 Å². The van der Waals surface area contributed by atoms with Crippen LogP contribution in [0, 0.1) is 0 Å². The Balaban J connectivity index is 5.34. The lowest BCUT2D eigenvalue weighted by molar-refractivity contribution is -0.184. The number of rotatable bonds is 17. The van der Waals surface area contributed by atoms with Crippen molar-refractivity contribution in [1.29, 1.82) is 0 Å². The maximum atomic E-state index is 12.8. The van der Waals surface area contributed by atoms with Crippen molar-refractivity contribution >= 4 is 17.9 Å². The number of hydrogen-bond donors (Lipinski definition) is 0. The molecule has 0 N–H and O–H groups in total. The molecule has 0 aromatic rings. The van der Waals surface area contributed by atoms with E-state index in [2.05, 4.69) is 6.58 Å². The second kappa shape index (κ2) is 16.1. The third kappa shape index (κ3) is 11.1. The van der Waals surface area contributed by atoms with Crippen molar-refractivity contribution in [3.8, 4) is 0 Å². The van der Waals surface area contributed by atoms with Crippen molar-refractivity contribution in [2.45, 2.75) is 77.7 Å². The summed E-state index contributed by atoms with van der Waals surface area (Å²) < 4.78 is 21.3. The molecule has 0 aliphatic carbocycles. The van der Waals surface area contributed by atoms with Crippen molar-refractivity contribution in [3.05, 3.63) is 12.7 Å². The Morgan fingerprint density at radius 3 is 1.61 bits per heavy atom. The van der Waals surface area contributed by atoms with Gasteiger partial charge in [0.05, 0.1) is 39.3 Å². The second-order valence-electron chi connectivity index (χ2n) is 6.59. The summed E-state index contributed by atoms with van der Waals surface area (Å²) in [6.45, 7) is 10.1. The number of hydrogen-bond acceptors (Lipinski definition) is 7. The first-order chi connectivity index (χ1) is 13.5. The van der Waals surface area contributed by atoms with Crippen LogP contribution in [0.15, 0.2) is 12.7 Å². The summed E-state index contributed by atoms with van der Waals surface area (Å²) in [4.78, 5) is 37.3. The van der Waals surface area contributed by atoms with E-state index in [4.69, 9.17) is 18.9 Å². The Bertz CT molecular complexity index is 449. The van der Waals surface area contributed by atoms with Crippen LogP contribution in [0.25, 0.3) is 0 Å². The van der Waals surface area contributed by atoms with Crippen LogP contribution >= 0.6 is 0 Å². The van der Waals surface area contributed by atoms with Gasteiger partial charge in [0.2, 0.25) is 0 Å². The zero-order valence-corrected chi connectivity index (χ0v) is 17.6. The van der Waals surface area contributed by atoms with Crippen LogP contribution < -0.4 is 0 Å². The van der Waals surface area contributed by atoms with Gasteiger partial charge in [0.15, 0.2) is 5.60 Å². The highest BCUT2D eigenvalue weighted by atomic mass is 16.6. The molecule has 7 nitrogen and oxygen atoms in total. The maximum Gasteiger partial charge on any atom is 0.339 e. The van der Waals surface area contributed by atoms with Gasteiger partial charge in [0.1, 0.15) is 0 Å². The topological polar surface area (TPSA) is 88.1 Å². The van der Waals surface area contributed by atoms with Gasteiger partial charge in [-0.3, -0.25) is 9.59 Å². The van der Waals surface area contributed by atoms with Gasteiger partial charge in [-0.2, -0.15) is 0 Å². The first-order valence-corrected chi connectivity index (χ1v) is 10.2. The van der Waals surface area contributed by atoms with Gasteiger partial charge in [-0.15, -0.1) is 6.58 Å². The minimum atomic E-state index is -1.78. The lowest BCUT2D eigenvalue weighted by Gasteiger charge is -2.29. The molecule has 0 radical (unpaired) electrons. The van der Waals surface area contributed by atoms with Gasteiger partial charge in [-0.25, -0.2) is 4.79 Å². The van der Waals surface area contributed by atoms with E-state index in [-0.39, 0.29) is 26.4 Å². The first kappa shape index (κ1) is 26.1. The van der Waals surface area contributed by atoms with E-state index in [1.807, 2.05) is 20.8 Å². The lowest BCUT2D eigenvalue weighted by atomic mass is 9.95. The van der Waals surface area contributed by atoms with Crippen molar-refractivity contribution < 1.29 is 33.3 Å². The normalized spacial score (nSPS) is 11.0. The molecular formula is C21H36O7. The van der Waals surface area contributed by atoms with Gasteiger partial charge in [0, 0.05) is 0 Å². The van der Waals surface area contributed by atoms with E-state index in [1.165, 1.54) is 6.08 Å². The van der Waals surface area contributed by atoms with Crippen molar-refractivity contribution in [2.75, 3.05) is 26.4 Å². The number of ether oxygens (including phenoxy) is 4. The molecule has 0 heterocycles. The van der Waals surface area contributed by atoms with E-state index < -0.39 is 36.4 Å². The molecule has 0 amide bonds. The molecule has 0 rings (SSSR count). The fraction of sp³-hybridized carbons (Fsp3) is 0.762. The molecule has 0 aliphatic rings. The summed E-state index contributed by atoms with van der Waals surface area (Å²) >= 11 is 0. The van der Waals surface area contributed by atoms with E-state index in [9.17, 15) is 14.4 Å². The number of esters is 3. The van der Waals surface area contributed by atoms with Crippen molar-refractivity contribution in [1.82, 2.24) is 0 Å². The van der Waals surface area contributed by atoms with Gasteiger partial charge in [0.25, 0.3) is 0 Å². The zero-order valence-electron chi connectivity index (χ0n) is 17.6. The zero-order chi connectivity index (χ0) is 21.3. The fourth-order valence-corrected chi connectivity index (χ4v) is 2.26. The van der Waals surface area contributed by atoms with Crippen molar-refractivity contribution in [2.24, 2.45) is 0 Å². The maximum absolute atomic E-state index is 12.8. The molecule has 0 unspecified atom stereocenters. The van der Waals surface area contributed by atoms with E-state index in [1.54, 1.807) is 0 Å². The fourth-order valence-electron chi connectivity index (χ4n) is 2.26. The average molecular weight is 401 g/mol. The van der Waals surface area contributed by atoms with Crippen LogP contribution in [0.3, 0.4) is 0 Å². The molecular weight excluding hydrogens is 364 g/mol. The van der Waals surface area contributed by atoms with Gasteiger partial charge in [-0.05, 0) is 19.3 Å². The lowest BCUT2D eigenvalue weighted by Crippen LogP contribution is -2.47. The summed E-state index contributed by atoms with van der Waals surface area (Å²) in [6.07, 6.45) is 5.29. The third-order valence-electron chi connectivity index (χ3n) is 3.96. The molecule has 0 aliphatic heterocycles. The second-order valence-corrected chi connectivity index (χ2v) is 6.59. The summed E-state index contributed by atoms with van der Waals surface area (Å²) in [6, 6.07) is 0. The van der Waals surface area contributed by atoms with E-state index in [0.29, 0.717) is 19.3 Å². The number of carbonyl (C=O) groups excluding carboxylic acids is 3. The SMILES string of the molecule is C=CCOC(CC(=O)OCCCC)(CC(=O)OCCCC)C(=O)OCCCC. The summed E-state index contributed by atoms with van der Waals surface area (Å²) in [7, 11) is 0. The van der Waals surface area contributed by atoms with Crippen LogP contribution in [-0.4, -0.2) is 49.9 Å². The monoisotopic (exact) mass is 400 g/mol. The molecule has 0 fully saturated rings. The first-order valence-electron chi connectivity index (χ1n) is 10.2. The molecule has 0 saturated heterocycles. The summed E-state index contributed by atoms with van der Waals surface area (Å²) in [5.41, 5.74) is -1.78. The van der Waals surface area contributed by atoms with Crippen molar-refractivity contribution in [3.63, 3.8) is 0 Å². The van der Waals surface area contributed by atoms with Gasteiger partial charge in [-0.1, -0.05) is 46.1 Å². The highest BCUT2D eigenvalue weighted by molar-refractivity contribution is 5.90. The average Bonchev–Trinajstić information content (AvgIpc) is 2.66. The molecule has 0 saturated carbocycles. The molecule has 0 aromatic heterocycles.